The average Bonchev–Trinajstić information content (AvgIpc) is 3.21. The first kappa shape index (κ1) is 18.5. The molecular weight excluding hydrogens is 398 g/mol. The summed E-state index contributed by atoms with van der Waals surface area (Å²) in [6.07, 6.45) is 1.56. The summed E-state index contributed by atoms with van der Waals surface area (Å²) in [5.74, 6) is 0.659. The summed E-state index contributed by atoms with van der Waals surface area (Å²) in [4.78, 5) is 8.87. The molecule has 0 spiro atoms. The average molecular weight is 414 g/mol. The molecule has 8 heteroatoms. The van der Waals surface area contributed by atoms with Gasteiger partial charge in [-0.2, -0.15) is 0 Å². The molecule has 2 aromatic heterocycles. The van der Waals surface area contributed by atoms with E-state index in [4.69, 9.17) is 16.0 Å². The van der Waals surface area contributed by atoms with Gasteiger partial charge in [0.2, 0.25) is 9.84 Å². The zero-order valence-corrected chi connectivity index (χ0v) is 16.2. The summed E-state index contributed by atoms with van der Waals surface area (Å²) in [5.41, 5.74) is 1.74. The van der Waals surface area contributed by atoms with Gasteiger partial charge in [0.15, 0.2) is 10.8 Å². The third-order valence-corrected chi connectivity index (χ3v) is 5.95. The Bertz CT molecular complexity index is 1210. The van der Waals surface area contributed by atoms with Gasteiger partial charge >= 0.3 is 0 Å². The van der Waals surface area contributed by atoms with Gasteiger partial charge in [0.25, 0.3) is 0 Å². The number of furan rings is 1. The molecule has 0 saturated carbocycles. The van der Waals surface area contributed by atoms with E-state index in [0.29, 0.717) is 33.9 Å². The number of hydrogen-bond acceptors (Lipinski definition) is 6. The minimum atomic E-state index is -3.75. The summed E-state index contributed by atoms with van der Waals surface area (Å²) >= 11 is 5.89. The molecule has 0 atom stereocenters. The lowest BCUT2D eigenvalue weighted by molar-refractivity contribution is 0.517. The topological polar surface area (TPSA) is 85.1 Å². The predicted molar refractivity (Wildman–Crippen MR) is 108 cm³/mol. The van der Waals surface area contributed by atoms with E-state index in [0.717, 1.165) is 0 Å². The van der Waals surface area contributed by atoms with E-state index in [-0.39, 0.29) is 16.6 Å². The Hall–Kier alpha value is -2.90. The Balaban J connectivity index is 1.74. The van der Waals surface area contributed by atoms with Crippen LogP contribution in [0.15, 0.2) is 76.4 Å². The number of nitrogens with one attached hydrogen (secondary N) is 1. The van der Waals surface area contributed by atoms with Crippen molar-refractivity contribution in [3.63, 3.8) is 0 Å². The van der Waals surface area contributed by atoms with Crippen LogP contribution in [0.3, 0.4) is 0 Å². The monoisotopic (exact) mass is 413 g/mol. The Morgan fingerprint density at radius 3 is 2.32 bits per heavy atom. The maximum atomic E-state index is 13.1. The molecule has 0 aliphatic rings. The molecule has 0 aliphatic carbocycles. The van der Waals surface area contributed by atoms with Crippen molar-refractivity contribution in [3.05, 3.63) is 83.3 Å². The molecule has 0 radical (unpaired) electrons. The number of halogens is 1. The molecule has 0 bridgehead atoms. The summed E-state index contributed by atoms with van der Waals surface area (Å²) in [7, 11) is -3.75. The maximum absolute atomic E-state index is 13.1. The van der Waals surface area contributed by atoms with Crippen molar-refractivity contribution in [2.45, 2.75) is 17.3 Å². The second-order valence-corrected chi connectivity index (χ2v) is 8.53. The highest BCUT2D eigenvalue weighted by Gasteiger charge is 2.24. The van der Waals surface area contributed by atoms with Gasteiger partial charge in [-0.05, 0) is 42.0 Å². The normalized spacial score (nSPS) is 11.6. The third-order valence-electron chi connectivity index (χ3n) is 4.11. The van der Waals surface area contributed by atoms with Crippen LogP contribution in [0, 0.1) is 0 Å². The van der Waals surface area contributed by atoms with Crippen LogP contribution in [0.1, 0.15) is 11.3 Å². The Morgan fingerprint density at radius 1 is 0.929 bits per heavy atom. The van der Waals surface area contributed by atoms with Gasteiger partial charge < -0.3 is 9.73 Å². The standard InChI is InChI=1S/C20H16ClN3O3S/c21-15-9-7-14(8-10-15)13-28(25,26)20-19(22-12-16-4-3-11-27-16)23-17-5-1-2-6-18(17)24-20/h1-11H,12-13H2,(H,22,23). The number of nitrogens with zero attached hydrogens (tertiary/aromatic N) is 2. The molecule has 28 heavy (non-hydrogen) atoms. The van der Waals surface area contributed by atoms with Gasteiger partial charge in [-0.1, -0.05) is 35.9 Å². The zero-order chi connectivity index (χ0) is 19.6. The quantitative estimate of drug-likeness (QED) is 0.502. The van der Waals surface area contributed by atoms with Crippen LogP contribution in [-0.4, -0.2) is 18.4 Å². The van der Waals surface area contributed by atoms with E-state index >= 15 is 0 Å². The van der Waals surface area contributed by atoms with Crippen LogP contribution in [0.25, 0.3) is 11.0 Å². The van der Waals surface area contributed by atoms with Crippen LogP contribution < -0.4 is 5.32 Å². The fraction of sp³-hybridized carbons (Fsp3) is 0.100. The molecule has 6 nitrogen and oxygen atoms in total. The van der Waals surface area contributed by atoms with Gasteiger partial charge in [0, 0.05) is 5.02 Å². The number of fused-ring (bicyclic) bond motifs is 1. The second-order valence-electron chi connectivity index (χ2n) is 6.18. The van der Waals surface area contributed by atoms with E-state index in [2.05, 4.69) is 15.3 Å². The number of sulfone groups is 1. The van der Waals surface area contributed by atoms with E-state index in [1.165, 1.54) is 0 Å². The predicted octanol–water partition coefficient (Wildman–Crippen LogP) is 4.46. The van der Waals surface area contributed by atoms with Crippen molar-refractivity contribution >= 4 is 38.3 Å². The Morgan fingerprint density at radius 2 is 1.64 bits per heavy atom. The van der Waals surface area contributed by atoms with E-state index in [1.54, 1.807) is 60.9 Å². The molecule has 0 amide bonds. The Kier molecular flexibility index (Phi) is 5.02. The van der Waals surface area contributed by atoms with Gasteiger partial charge in [-0.15, -0.1) is 0 Å². The first-order chi connectivity index (χ1) is 13.5. The lowest BCUT2D eigenvalue weighted by atomic mass is 10.2. The fourth-order valence-electron chi connectivity index (χ4n) is 2.77. The molecule has 4 aromatic rings. The van der Waals surface area contributed by atoms with Gasteiger partial charge in [0.05, 0.1) is 29.6 Å². The van der Waals surface area contributed by atoms with Crippen molar-refractivity contribution in [2.24, 2.45) is 0 Å². The first-order valence-electron chi connectivity index (χ1n) is 8.51. The van der Waals surface area contributed by atoms with Crippen LogP contribution in [0.2, 0.25) is 5.02 Å². The summed E-state index contributed by atoms with van der Waals surface area (Å²) in [6.45, 7) is 0.295. The zero-order valence-electron chi connectivity index (χ0n) is 14.7. The van der Waals surface area contributed by atoms with E-state index in [1.807, 2.05) is 6.07 Å². The van der Waals surface area contributed by atoms with Crippen LogP contribution >= 0.6 is 11.6 Å². The van der Waals surface area contributed by atoms with Crippen molar-refractivity contribution < 1.29 is 12.8 Å². The molecule has 2 heterocycles. The van der Waals surface area contributed by atoms with E-state index in [9.17, 15) is 8.42 Å². The molecule has 1 N–H and O–H groups in total. The molecule has 0 aliphatic heterocycles. The highest BCUT2D eigenvalue weighted by Crippen LogP contribution is 2.25. The number of hydrogen-bond donors (Lipinski definition) is 1. The van der Waals surface area contributed by atoms with Crippen LogP contribution in [0.5, 0.6) is 0 Å². The Labute approximate surface area is 167 Å². The minimum absolute atomic E-state index is 0.0901. The van der Waals surface area contributed by atoms with Crippen LogP contribution in [0.4, 0.5) is 5.82 Å². The summed E-state index contributed by atoms with van der Waals surface area (Å²) < 4.78 is 31.5. The highest BCUT2D eigenvalue weighted by molar-refractivity contribution is 7.90. The molecule has 4 rings (SSSR count). The first-order valence-corrected chi connectivity index (χ1v) is 10.5. The molecular formula is C20H16ClN3O3S. The molecule has 142 valence electrons. The number of rotatable bonds is 6. The minimum Gasteiger partial charge on any atom is -0.467 e. The van der Waals surface area contributed by atoms with Gasteiger partial charge in [-0.3, -0.25) is 0 Å². The van der Waals surface area contributed by atoms with Crippen molar-refractivity contribution in [1.29, 1.82) is 0 Å². The van der Waals surface area contributed by atoms with Gasteiger partial charge in [0.1, 0.15) is 5.76 Å². The number of anilines is 1. The van der Waals surface area contributed by atoms with Crippen molar-refractivity contribution in [2.75, 3.05) is 5.32 Å². The largest absolute Gasteiger partial charge is 0.467 e. The molecule has 0 saturated heterocycles. The number of aromatic nitrogens is 2. The third kappa shape index (κ3) is 4.00. The molecule has 0 unspecified atom stereocenters. The lowest BCUT2D eigenvalue weighted by Crippen LogP contribution is -2.13. The van der Waals surface area contributed by atoms with Gasteiger partial charge in [-0.25, -0.2) is 18.4 Å². The summed E-state index contributed by atoms with van der Waals surface area (Å²) in [6, 6.07) is 17.4. The number of benzene rings is 2. The SMILES string of the molecule is O=S(=O)(Cc1ccc(Cl)cc1)c1nc2ccccc2nc1NCc1ccco1. The number of para-hydroxylation sites is 2. The maximum Gasteiger partial charge on any atom is 0.203 e. The summed E-state index contributed by atoms with van der Waals surface area (Å²) in [5, 5.41) is 3.50. The lowest BCUT2D eigenvalue weighted by Gasteiger charge is -2.12. The fourth-order valence-corrected chi connectivity index (χ4v) is 4.31. The highest BCUT2D eigenvalue weighted by atomic mass is 35.5. The molecule has 0 fully saturated rings. The van der Waals surface area contributed by atoms with E-state index < -0.39 is 9.84 Å². The second kappa shape index (κ2) is 7.61. The van der Waals surface area contributed by atoms with Crippen molar-refractivity contribution in [1.82, 2.24) is 9.97 Å². The van der Waals surface area contributed by atoms with Crippen molar-refractivity contribution in [3.8, 4) is 0 Å². The smallest absolute Gasteiger partial charge is 0.203 e. The molecule has 2 aromatic carbocycles. The van der Waals surface area contributed by atoms with Crippen LogP contribution in [-0.2, 0) is 22.1 Å².